The van der Waals surface area contributed by atoms with Crippen LogP contribution in [0.5, 0.6) is 0 Å². The number of hydrogen-bond acceptors (Lipinski definition) is 2. The van der Waals surface area contributed by atoms with Crippen LogP contribution in [0.4, 0.5) is 5.69 Å². The Bertz CT molecular complexity index is 335. The lowest BCUT2D eigenvalue weighted by Crippen LogP contribution is -2.00. The van der Waals surface area contributed by atoms with Gasteiger partial charge in [-0.3, -0.25) is 0 Å². The second-order valence-electron chi connectivity index (χ2n) is 2.78. The van der Waals surface area contributed by atoms with E-state index in [1.54, 1.807) is 13.0 Å². The van der Waals surface area contributed by atoms with Crippen molar-refractivity contribution in [2.45, 2.75) is 19.4 Å². The minimum absolute atomic E-state index is 0.435. The van der Waals surface area contributed by atoms with Gasteiger partial charge in [-0.1, -0.05) is 18.2 Å². The third-order valence-electron chi connectivity index (χ3n) is 1.83. The van der Waals surface area contributed by atoms with Crippen molar-refractivity contribution in [3.63, 3.8) is 0 Å². The number of rotatable bonds is 2. The molecule has 0 aromatic heterocycles. The second kappa shape index (κ2) is 4.54. The van der Waals surface area contributed by atoms with E-state index < -0.39 is 6.10 Å². The van der Waals surface area contributed by atoms with Gasteiger partial charge in [-0.05, 0) is 13.0 Å². The average molecular weight is 175 g/mol. The Hall–Kier alpha value is -1.46. The van der Waals surface area contributed by atoms with Gasteiger partial charge in [-0.15, -0.1) is 11.8 Å². The predicted molar refractivity (Wildman–Crippen MR) is 53.9 cm³/mol. The SMILES string of the molecule is CC#CCC(O)c1ccccc1N. The Morgan fingerprint density at radius 2 is 2.15 bits per heavy atom. The fraction of sp³-hybridized carbons (Fsp3) is 0.273. The van der Waals surface area contributed by atoms with Gasteiger partial charge in [-0.2, -0.15) is 0 Å². The lowest BCUT2D eigenvalue weighted by atomic mass is 10.1. The number of nitrogen functional groups attached to an aromatic ring is 1. The van der Waals surface area contributed by atoms with Gasteiger partial charge in [0, 0.05) is 17.7 Å². The van der Waals surface area contributed by atoms with Crippen LogP contribution in [-0.2, 0) is 0 Å². The van der Waals surface area contributed by atoms with E-state index in [0.717, 1.165) is 5.56 Å². The summed E-state index contributed by atoms with van der Waals surface area (Å²) in [5, 5.41) is 9.65. The van der Waals surface area contributed by atoms with Crippen LogP contribution in [0.1, 0.15) is 25.0 Å². The molecule has 2 nitrogen and oxygen atoms in total. The molecule has 13 heavy (non-hydrogen) atoms. The summed E-state index contributed by atoms with van der Waals surface area (Å²) in [4.78, 5) is 0. The van der Waals surface area contributed by atoms with Crippen LogP contribution in [-0.4, -0.2) is 5.11 Å². The van der Waals surface area contributed by atoms with Gasteiger partial charge in [0.15, 0.2) is 0 Å². The van der Waals surface area contributed by atoms with Crippen molar-refractivity contribution in [2.75, 3.05) is 5.73 Å². The van der Waals surface area contributed by atoms with Crippen molar-refractivity contribution in [1.82, 2.24) is 0 Å². The van der Waals surface area contributed by atoms with E-state index in [1.165, 1.54) is 0 Å². The highest BCUT2D eigenvalue weighted by molar-refractivity contribution is 5.47. The first-order valence-electron chi connectivity index (χ1n) is 4.17. The monoisotopic (exact) mass is 175 g/mol. The minimum atomic E-state index is -0.575. The average Bonchev–Trinajstić information content (AvgIpc) is 2.15. The van der Waals surface area contributed by atoms with Crippen LogP contribution < -0.4 is 5.73 Å². The maximum Gasteiger partial charge on any atom is 0.0918 e. The van der Waals surface area contributed by atoms with Crippen LogP contribution in [0.15, 0.2) is 24.3 Å². The van der Waals surface area contributed by atoms with E-state index >= 15 is 0 Å². The van der Waals surface area contributed by atoms with Crippen molar-refractivity contribution in [2.24, 2.45) is 0 Å². The first-order valence-corrected chi connectivity index (χ1v) is 4.17. The third-order valence-corrected chi connectivity index (χ3v) is 1.83. The molecular formula is C11H13NO. The van der Waals surface area contributed by atoms with Crippen LogP contribution >= 0.6 is 0 Å². The van der Waals surface area contributed by atoms with E-state index in [0.29, 0.717) is 12.1 Å². The molecule has 0 amide bonds. The van der Waals surface area contributed by atoms with Crippen LogP contribution in [0, 0.1) is 11.8 Å². The van der Waals surface area contributed by atoms with Gasteiger partial charge < -0.3 is 10.8 Å². The summed E-state index contributed by atoms with van der Waals surface area (Å²) in [6, 6.07) is 7.29. The van der Waals surface area contributed by atoms with Gasteiger partial charge in [0.1, 0.15) is 0 Å². The summed E-state index contributed by atoms with van der Waals surface area (Å²) >= 11 is 0. The summed E-state index contributed by atoms with van der Waals surface area (Å²) in [5.74, 6) is 5.56. The molecule has 0 bridgehead atoms. The Morgan fingerprint density at radius 3 is 2.77 bits per heavy atom. The van der Waals surface area contributed by atoms with Crippen molar-refractivity contribution < 1.29 is 5.11 Å². The molecule has 0 aliphatic carbocycles. The van der Waals surface area contributed by atoms with E-state index in [9.17, 15) is 5.11 Å². The summed E-state index contributed by atoms with van der Waals surface area (Å²) in [5.41, 5.74) is 7.06. The number of para-hydroxylation sites is 1. The van der Waals surface area contributed by atoms with Gasteiger partial charge >= 0.3 is 0 Å². The number of nitrogens with two attached hydrogens (primary N) is 1. The number of benzene rings is 1. The van der Waals surface area contributed by atoms with Crippen molar-refractivity contribution in [3.8, 4) is 11.8 Å². The number of hydrogen-bond donors (Lipinski definition) is 2. The predicted octanol–water partition coefficient (Wildman–Crippen LogP) is 1.72. The van der Waals surface area contributed by atoms with E-state index in [1.807, 2.05) is 18.2 Å². The van der Waals surface area contributed by atoms with Crippen molar-refractivity contribution in [3.05, 3.63) is 29.8 Å². The van der Waals surface area contributed by atoms with Gasteiger partial charge in [0.2, 0.25) is 0 Å². The van der Waals surface area contributed by atoms with Gasteiger partial charge in [0.05, 0.1) is 6.10 Å². The Morgan fingerprint density at radius 1 is 1.46 bits per heavy atom. The molecule has 0 aliphatic heterocycles. The summed E-state index contributed by atoms with van der Waals surface area (Å²) in [6.07, 6.45) is -0.140. The smallest absolute Gasteiger partial charge is 0.0918 e. The molecular weight excluding hydrogens is 162 g/mol. The summed E-state index contributed by atoms with van der Waals surface area (Å²) in [7, 11) is 0. The molecule has 0 spiro atoms. The van der Waals surface area contributed by atoms with Crippen LogP contribution in [0.2, 0.25) is 0 Å². The van der Waals surface area contributed by atoms with E-state index in [2.05, 4.69) is 11.8 Å². The molecule has 0 heterocycles. The maximum absolute atomic E-state index is 9.65. The quantitative estimate of drug-likeness (QED) is 0.531. The Kier molecular flexibility index (Phi) is 3.36. The zero-order valence-electron chi connectivity index (χ0n) is 7.62. The largest absolute Gasteiger partial charge is 0.398 e. The zero-order chi connectivity index (χ0) is 9.68. The van der Waals surface area contributed by atoms with Crippen molar-refractivity contribution in [1.29, 1.82) is 0 Å². The molecule has 1 aromatic rings. The molecule has 1 rings (SSSR count). The molecule has 2 heteroatoms. The molecule has 0 radical (unpaired) electrons. The molecule has 0 fully saturated rings. The number of aliphatic hydroxyl groups is 1. The molecule has 68 valence electrons. The molecule has 0 aliphatic rings. The summed E-state index contributed by atoms with van der Waals surface area (Å²) in [6.45, 7) is 1.75. The highest BCUT2D eigenvalue weighted by Gasteiger charge is 2.07. The molecule has 1 aromatic carbocycles. The third kappa shape index (κ3) is 2.50. The normalized spacial score (nSPS) is 11.5. The minimum Gasteiger partial charge on any atom is -0.398 e. The Labute approximate surface area is 78.4 Å². The Balaban J connectivity index is 2.80. The lowest BCUT2D eigenvalue weighted by Gasteiger charge is -2.09. The number of aliphatic hydroxyl groups excluding tert-OH is 1. The second-order valence-corrected chi connectivity index (χ2v) is 2.78. The molecule has 1 atom stereocenters. The molecule has 1 unspecified atom stereocenters. The standard InChI is InChI=1S/C11H13NO/c1-2-3-8-11(13)9-6-4-5-7-10(9)12/h4-7,11,13H,8,12H2,1H3. The number of anilines is 1. The molecule has 0 saturated carbocycles. The zero-order valence-corrected chi connectivity index (χ0v) is 7.62. The molecule has 0 saturated heterocycles. The van der Waals surface area contributed by atoms with Crippen LogP contribution in [0.25, 0.3) is 0 Å². The fourth-order valence-electron chi connectivity index (χ4n) is 1.12. The van der Waals surface area contributed by atoms with E-state index in [4.69, 9.17) is 5.73 Å². The van der Waals surface area contributed by atoms with Crippen molar-refractivity contribution >= 4 is 5.69 Å². The fourth-order valence-corrected chi connectivity index (χ4v) is 1.12. The van der Waals surface area contributed by atoms with Gasteiger partial charge in [-0.25, -0.2) is 0 Å². The van der Waals surface area contributed by atoms with E-state index in [-0.39, 0.29) is 0 Å². The topological polar surface area (TPSA) is 46.2 Å². The highest BCUT2D eigenvalue weighted by Crippen LogP contribution is 2.21. The van der Waals surface area contributed by atoms with Gasteiger partial charge in [0.25, 0.3) is 0 Å². The first kappa shape index (κ1) is 9.63. The van der Waals surface area contributed by atoms with Crippen LogP contribution in [0.3, 0.4) is 0 Å². The maximum atomic E-state index is 9.65. The summed E-state index contributed by atoms with van der Waals surface area (Å²) < 4.78 is 0. The highest BCUT2D eigenvalue weighted by atomic mass is 16.3. The molecule has 3 N–H and O–H groups in total. The lowest BCUT2D eigenvalue weighted by molar-refractivity contribution is 0.185. The first-order chi connectivity index (χ1) is 6.25.